The highest BCUT2D eigenvalue weighted by atomic mass is 19.4. The van der Waals surface area contributed by atoms with Gasteiger partial charge in [0.1, 0.15) is 17.8 Å². The number of nitrogens with zero attached hydrogens (tertiary/aromatic N) is 7. The van der Waals surface area contributed by atoms with Crippen LogP contribution in [0.4, 0.5) is 30.2 Å². The highest BCUT2D eigenvalue weighted by Crippen LogP contribution is 2.36. The van der Waals surface area contributed by atoms with Gasteiger partial charge >= 0.3 is 6.18 Å². The minimum absolute atomic E-state index is 0.00336. The first-order valence-electron chi connectivity index (χ1n) is 22.6. The van der Waals surface area contributed by atoms with E-state index in [0.717, 1.165) is 28.4 Å². The van der Waals surface area contributed by atoms with Crippen molar-refractivity contribution in [2.75, 3.05) is 41.8 Å². The second-order valence-electron chi connectivity index (χ2n) is 16.9. The Balaban J connectivity index is 0.872. The number of carbonyl (C=O) groups is 6. The number of carbonyl (C=O) groups excluding carboxylic acids is 6. The van der Waals surface area contributed by atoms with Crippen molar-refractivity contribution in [2.24, 2.45) is 0 Å². The highest BCUT2D eigenvalue weighted by molar-refractivity contribution is 6.26. The first-order valence-corrected chi connectivity index (χ1v) is 22.6. The number of hydrogen-bond donors (Lipinski definition) is 3. The van der Waals surface area contributed by atoms with E-state index in [2.05, 4.69) is 36.1 Å². The molecule has 21 heteroatoms. The number of unbranched alkanes of at least 4 members (excludes halogenated alkanes) is 2. The Kier molecular flexibility index (Phi) is 14.4. The molecule has 6 amide bonds. The van der Waals surface area contributed by atoms with E-state index in [4.69, 9.17) is 14.5 Å². The number of rotatable bonds is 17. The molecule has 0 bridgehead atoms. The molecule has 0 aliphatic carbocycles. The lowest BCUT2D eigenvalue weighted by Gasteiger charge is -2.31. The van der Waals surface area contributed by atoms with Gasteiger partial charge in [0.2, 0.25) is 23.6 Å². The molecule has 2 saturated heterocycles. The predicted octanol–water partition coefficient (Wildman–Crippen LogP) is 6.15. The van der Waals surface area contributed by atoms with Crippen LogP contribution in [-0.2, 0) is 38.3 Å². The summed E-state index contributed by atoms with van der Waals surface area (Å²) < 4.78 is 54.1. The zero-order chi connectivity index (χ0) is 48.8. The fourth-order valence-corrected chi connectivity index (χ4v) is 8.48. The maximum atomic E-state index is 13.4. The lowest BCUT2D eigenvalue weighted by atomic mass is 10.0. The van der Waals surface area contributed by atoms with Crippen molar-refractivity contribution in [3.8, 4) is 17.0 Å². The Morgan fingerprint density at radius 1 is 0.928 bits per heavy atom. The summed E-state index contributed by atoms with van der Waals surface area (Å²) in [5, 5.41) is 16.1. The standard InChI is InChI=1S/C48H49F3N10O8/c1-3-34(24-33-27-54-58-60(33)16-6-4-5-13-40(62)56-37-12-8-11-35-42(37)47(67)61(46(35)66)38-14-15-41(63)57-44(38)65)69-45-39(59-17-19-68-20-18-59)22-30(25-53-45)36-23-32(26-52-28(36)2)55-43(64)29-9-7-10-31(21-29)48(49,50)51/h7-12,21-23,25-27,34,38H,3-6,13-20,24H2,1-2H3,(H,55,64)(H,56,62)(H,57,63,65). The molecule has 360 valence electrons. The second kappa shape index (κ2) is 20.8. The number of benzene rings is 2. The van der Waals surface area contributed by atoms with E-state index < -0.39 is 47.3 Å². The molecule has 3 aliphatic rings. The van der Waals surface area contributed by atoms with Crippen LogP contribution in [0.2, 0.25) is 0 Å². The van der Waals surface area contributed by atoms with Crippen LogP contribution in [-0.4, -0.2) is 104 Å². The molecular weight excluding hydrogens is 902 g/mol. The number of imide groups is 2. The quantitative estimate of drug-likeness (QED) is 0.0704. The maximum Gasteiger partial charge on any atom is 0.416 e. The van der Waals surface area contributed by atoms with Gasteiger partial charge in [-0.3, -0.25) is 44.0 Å². The van der Waals surface area contributed by atoms with E-state index in [1.165, 1.54) is 30.5 Å². The van der Waals surface area contributed by atoms with Crippen molar-refractivity contribution in [3.63, 3.8) is 0 Å². The number of pyridine rings is 2. The monoisotopic (exact) mass is 950 g/mol. The van der Waals surface area contributed by atoms with Crippen molar-refractivity contribution in [1.29, 1.82) is 0 Å². The summed E-state index contributed by atoms with van der Waals surface area (Å²) in [4.78, 5) is 89.1. The molecule has 2 aromatic carbocycles. The molecule has 8 rings (SSSR count). The number of anilines is 3. The van der Waals surface area contributed by atoms with E-state index in [-0.39, 0.29) is 53.7 Å². The predicted molar refractivity (Wildman–Crippen MR) is 243 cm³/mol. The van der Waals surface area contributed by atoms with Gasteiger partial charge in [0.25, 0.3) is 17.7 Å². The molecule has 2 atom stereocenters. The average Bonchev–Trinajstić information content (AvgIpc) is 3.89. The van der Waals surface area contributed by atoms with E-state index in [1.54, 1.807) is 31.5 Å². The number of aromatic nitrogens is 5. The summed E-state index contributed by atoms with van der Waals surface area (Å²) in [5.74, 6) is -3.19. The summed E-state index contributed by atoms with van der Waals surface area (Å²) in [6.07, 6.45) is 3.03. The average molecular weight is 951 g/mol. The van der Waals surface area contributed by atoms with Crippen molar-refractivity contribution < 1.29 is 51.4 Å². The number of amides is 6. The van der Waals surface area contributed by atoms with Gasteiger partial charge in [0.15, 0.2) is 0 Å². The first kappa shape index (κ1) is 47.9. The fourth-order valence-electron chi connectivity index (χ4n) is 8.48. The van der Waals surface area contributed by atoms with E-state index in [1.807, 2.05) is 17.7 Å². The summed E-state index contributed by atoms with van der Waals surface area (Å²) in [7, 11) is 0. The van der Waals surface area contributed by atoms with Crippen molar-refractivity contribution in [3.05, 3.63) is 107 Å². The molecule has 2 unspecified atom stereocenters. The van der Waals surface area contributed by atoms with Crippen LogP contribution in [0.25, 0.3) is 11.1 Å². The maximum absolute atomic E-state index is 13.4. The van der Waals surface area contributed by atoms with Crippen molar-refractivity contribution in [1.82, 2.24) is 35.2 Å². The van der Waals surface area contributed by atoms with Gasteiger partial charge in [-0.25, -0.2) is 9.67 Å². The number of hydrogen-bond acceptors (Lipinski definition) is 13. The smallest absolute Gasteiger partial charge is 0.416 e. The van der Waals surface area contributed by atoms with Crippen molar-refractivity contribution >= 4 is 52.5 Å². The van der Waals surface area contributed by atoms with Crippen molar-refractivity contribution in [2.45, 2.75) is 90.1 Å². The molecule has 69 heavy (non-hydrogen) atoms. The molecule has 0 saturated carbocycles. The number of ether oxygens (including phenoxy) is 2. The summed E-state index contributed by atoms with van der Waals surface area (Å²) in [6, 6.07) is 11.3. The Morgan fingerprint density at radius 3 is 2.49 bits per heavy atom. The van der Waals surface area contributed by atoms with E-state index >= 15 is 0 Å². The first-order chi connectivity index (χ1) is 33.2. The van der Waals surface area contributed by atoms with Gasteiger partial charge < -0.3 is 25.0 Å². The number of halogens is 3. The summed E-state index contributed by atoms with van der Waals surface area (Å²) in [5.41, 5.74) is 3.04. The fraction of sp³-hybridized carbons (Fsp3) is 0.375. The van der Waals surface area contributed by atoms with Gasteiger partial charge in [-0.05, 0) is 75.1 Å². The third-order valence-electron chi connectivity index (χ3n) is 12.2. The number of alkyl halides is 3. The van der Waals surface area contributed by atoms with Gasteiger partial charge in [0.05, 0.1) is 59.4 Å². The molecule has 6 heterocycles. The minimum Gasteiger partial charge on any atom is -0.472 e. The van der Waals surface area contributed by atoms with E-state index in [0.29, 0.717) is 93.3 Å². The van der Waals surface area contributed by atoms with Crippen LogP contribution in [0.3, 0.4) is 0 Å². The van der Waals surface area contributed by atoms with Crippen LogP contribution in [0, 0.1) is 6.92 Å². The summed E-state index contributed by atoms with van der Waals surface area (Å²) in [6.45, 7) is 6.51. The molecule has 3 aromatic heterocycles. The van der Waals surface area contributed by atoms with Gasteiger partial charge in [0, 0.05) is 67.5 Å². The number of nitrogens with one attached hydrogen (secondary N) is 3. The SMILES string of the molecule is CCC(Cc1cnnn1CCCCCC(=O)Nc1cccc2c1C(=O)N(C1CCC(=O)NC1=O)C2=O)Oc1ncc(-c2cc(NC(=O)c3cccc(C(F)(F)F)c3)cnc2C)cc1N1CCOCC1. The van der Waals surface area contributed by atoms with Gasteiger partial charge in [-0.1, -0.05) is 30.7 Å². The van der Waals surface area contributed by atoms with Crippen LogP contribution in [0.1, 0.15) is 99.9 Å². The Hall–Kier alpha value is -7.55. The lowest BCUT2D eigenvalue weighted by molar-refractivity contribution is -0.138. The van der Waals surface area contributed by atoms with Gasteiger partial charge in [-0.2, -0.15) is 13.2 Å². The normalized spacial score (nSPS) is 16.6. The number of fused-ring (bicyclic) bond motifs is 1. The molecule has 3 N–H and O–H groups in total. The largest absolute Gasteiger partial charge is 0.472 e. The van der Waals surface area contributed by atoms with Gasteiger partial charge in [-0.15, -0.1) is 5.10 Å². The second-order valence-corrected chi connectivity index (χ2v) is 16.9. The number of aryl methyl sites for hydroxylation is 2. The highest BCUT2D eigenvalue weighted by Gasteiger charge is 2.46. The van der Waals surface area contributed by atoms with Crippen LogP contribution in [0.15, 0.2) is 73.2 Å². The van der Waals surface area contributed by atoms with Crippen LogP contribution < -0.4 is 25.6 Å². The number of piperidine rings is 1. The molecule has 0 spiro atoms. The Labute approximate surface area is 393 Å². The minimum atomic E-state index is -4.60. The Bertz CT molecular complexity index is 2790. The zero-order valence-electron chi connectivity index (χ0n) is 37.8. The van der Waals surface area contributed by atoms with Crippen LogP contribution >= 0.6 is 0 Å². The number of morpholine rings is 1. The third-order valence-corrected chi connectivity index (χ3v) is 12.2. The molecule has 2 fully saturated rings. The molecular formula is C48H49F3N10O8. The summed E-state index contributed by atoms with van der Waals surface area (Å²) >= 11 is 0. The topological polar surface area (TPSA) is 220 Å². The molecule has 0 radical (unpaired) electrons. The molecule has 3 aliphatic heterocycles. The third kappa shape index (κ3) is 10.9. The molecule has 18 nitrogen and oxygen atoms in total. The molecule has 5 aromatic rings. The van der Waals surface area contributed by atoms with Crippen LogP contribution in [0.5, 0.6) is 5.88 Å². The zero-order valence-corrected chi connectivity index (χ0v) is 37.8. The Morgan fingerprint density at radius 2 is 1.72 bits per heavy atom. The lowest BCUT2D eigenvalue weighted by Crippen LogP contribution is -2.54. The van der Waals surface area contributed by atoms with E-state index in [9.17, 15) is 41.9 Å².